The van der Waals surface area contributed by atoms with Crippen molar-refractivity contribution < 1.29 is 4.74 Å². The SMILES string of the molecule is Cn1c(=O)c2c(nc(C3CCCO3)n2C)n(C)c1=O. The maximum absolute atomic E-state index is 12.2. The zero-order valence-corrected chi connectivity index (χ0v) is 11.2. The molecule has 0 spiro atoms. The molecule has 102 valence electrons. The van der Waals surface area contributed by atoms with Crippen LogP contribution < -0.4 is 11.2 Å². The first kappa shape index (κ1) is 12.2. The van der Waals surface area contributed by atoms with E-state index in [2.05, 4.69) is 4.98 Å². The Hall–Kier alpha value is -1.89. The number of hydrogen-bond donors (Lipinski definition) is 0. The van der Waals surface area contributed by atoms with Crippen LogP contribution in [0.2, 0.25) is 0 Å². The second kappa shape index (κ2) is 4.06. The van der Waals surface area contributed by atoms with Crippen LogP contribution in [0.15, 0.2) is 9.59 Å². The van der Waals surface area contributed by atoms with Gasteiger partial charge in [-0.1, -0.05) is 0 Å². The van der Waals surface area contributed by atoms with Crippen molar-refractivity contribution in [3.8, 4) is 0 Å². The second-order valence-corrected chi connectivity index (χ2v) is 4.91. The van der Waals surface area contributed by atoms with Crippen LogP contribution in [0.5, 0.6) is 0 Å². The molecule has 0 aromatic carbocycles. The lowest BCUT2D eigenvalue weighted by atomic mass is 10.2. The quantitative estimate of drug-likeness (QED) is 0.716. The predicted molar refractivity (Wildman–Crippen MR) is 69.1 cm³/mol. The summed E-state index contributed by atoms with van der Waals surface area (Å²) < 4.78 is 9.85. The summed E-state index contributed by atoms with van der Waals surface area (Å²) in [7, 11) is 4.89. The molecule has 1 unspecified atom stereocenters. The van der Waals surface area contributed by atoms with Gasteiger partial charge in [0.15, 0.2) is 11.2 Å². The third kappa shape index (κ3) is 1.58. The van der Waals surface area contributed by atoms with E-state index in [0.29, 0.717) is 23.6 Å². The fraction of sp³-hybridized carbons (Fsp3) is 0.583. The molecule has 0 bridgehead atoms. The third-order valence-corrected chi connectivity index (χ3v) is 3.73. The van der Waals surface area contributed by atoms with Crippen LogP contribution >= 0.6 is 0 Å². The van der Waals surface area contributed by atoms with Crippen molar-refractivity contribution in [3.05, 3.63) is 26.7 Å². The Kier molecular flexibility index (Phi) is 2.60. The summed E-state index contributed by atoms with van der Waals surface area (Å²) >= 11 is 0. The molecule has 0 aliphatic carbocycles. The van der Waals surface area contributed by atoms with Crippen LogP contribution in [0.25, 0.3) is 11.2 Å². The van der Waals surface area contributed by atoms with E-state index in [1.54, 1.807) is 18.7 Å². The molecule has 7 heteroatoms. The molecule has 3 heterocycles. The van der Waals surface area contributed by atoms with Crippen molar-refractivity contribution >= 4 is 11.2 Å². The van der Waals surface area contributed by atoms with E-state index < -0.39 is 0 Å². The summed E-state index contributed by atoms with van der Waals surface area (Å²) in [5.41, 5.74) is 0.169. The summed E-state index contributed by atoms with van der Waals surface area (Å²) in [6.07, 6.45) is 1.80. The largest absolute Gasteiger partial charge is 0.370 e. The summed E-state index contributed by atoms with van der Waals surface area (Å²) in [5.74, 6) is 0.714. The molecular weight excluding hydrogens is 248 g/mol. The summed E-state index contributed by atoms with van der Waals surface area (Å²) in [6.45, 7) is 0.713. The van der Waals surface area contributed by atoms with Gasteiger partial charge in [-0.05, 0) is 12.8 Å². The molecule has 1 aliphatic heterocycles. The number of fused-ring (bicyclic) bond motifs is 1. The monoisotopic (exact) mass is 264 g/mol. The Morgan fingerprint density at radius 2 is 1.89 bits per heavy atom. The molecule has 3 rings (SSSR count). The molecule has 1 saturated heterocycles. The fourth-order valence-corrected chi connectivity index (χ4v) is 2.60. The van der Waals surface area contributed by atoms with E-state index in [1.807, 2.05) is 0 Å². The maximum Gasteiger partial charge on any atom is 0.332 e. The standard InChI is InChI=1S/C12H16N4O3/c1-14-8-10(13-9(14)7-5-4-6-19-7)15(2)12(18)16(3)11(8)17/h7H,4-6H2,1-3H3. The van der Waals surface area contributed by atoms with E-state index in [-0.39, 0.29) is 17.4 Å². The molecule has 2 aromatic heterocycles. The van der Waals surface area contributed by atoms with Gasteiger partial charge in [-0.25, -0.2) is 9.78 Å². The smallest absolute Gasteiger partial charge is 0.332 e. The van der Waals surface area contributed by atoms with Crippen LogP contribution in [0, 0.1) is 0 Å². The molecule has 1 fully saturated rings. The highest BCUT2D eigenvalue weighted by Crippen LogP contribution is 2.28. The molecule has 2 aromatic rings. The van der Waals surface area contributed by atoms with E-state index >= 15 is 0 Å². The molecule has 19 heavy (non-hydrogen) atoms. The van der Waals surface area contributed by atoms with Crippen LogP contribution in [-0.2, 0) is 25.9 Å². The molecule has 0 amide bonds. The van der Waals surface area contributed by atoms with Crippen LogP contribution in [0.4, 0.5) is 0 Å². The first-order chi connectivity index (χ1) is 9.02. The predicted octanol–water partition coefficient (Wildman–Crippen LogP) is -0.178. The molecule has 7 nitrogen and oxygen atoms in total. The van der Waals surface area contributed by atoms with Gasteiger partial charge in [-0.15, -0.1) is 0 Å². The number of ether oxygens (including phenoxy) is 1. The van der Waals surface area contributed by atoms with Gasteiger partial charge in [0, 0.05) is 27.7 Å². The number of hydrogen-bond acceptors (Lipinski definition) is 4. The van der Waals surface area contributed by atoms with Crippen molar-refractivity contribution in [1.82, 2.24) is 18.7 Å². The van der Waals surface area contributed by atoms with Gasteiger partial charge in [0.2, 0.25) is 0 Å². The average Bonchev–Trinajstić information content (AvgIpc) is 3.01. The number of nitrogens with zero attached hydrogens (tertiary/aromatic N) is 4. The van der Waals surface area contributed by atoms with Gasteiger partial charge in [0.25, 0.3) is 5.56 Å². The Balaban J connectivity index is 2.38. The zero-order chi connectivity index (χ0) is 13.7. The van der Waals surface area contributed by atoms with Crippen molar-refractivity contribution in [2.75, 3.05) is 6.61 Å². The fourth-order valence-electron chi connectivity index (χ4n) is 2.60. The van der Waals surface area contributed by atoms with Gasteiger partial charge >= 0.3 is 5.69 Å². The minimum Gasteiger partial charge on any atom is -0.370 e. The van der Waals surface area contributed by atoms with Crippen molar-refractivity contribution in [2.24, 2.45) is 21.1 Å². The van der Waals surface area contributed by atoms with Gasteiger partial charge in [-0.3, -0.25) is 13.9 Å². The number of rotatable bonds is 1. The summed E-state index contributed by atoms with van der Waals surface area (Å²) in [5, 5.41) is 0. The lowest BCUT2D eigenvalue weighted by Crippen LogP contribution is -2.37. The first-order valence-electron chi connectivity index (χ1n) is 6.26. The van der Waals surface area contributed by atoms with Crippen LogP contribution in [-0.4, -0.2) is 25.3 Å². The van der Waals surface area contributed by atoms with Gasteiger partial charge in [0.1, 0.15) is 11.9 Å². The molecule has 1 aliphatic rings. The van der Waals surface area contributed by atoms with Gasteiger partial charge in [0.05, 0.1) is 0 Å². The van der Waals surface area contributed by atoms with Crippen molar-refractivity contribution in [3.63, 3.8) is 0 Å². The lowest BCUT2D eigenvalue weighted by molar-refractivity contribution is 0.103. The average molecular weight is 264 g/mol. The van der Waals surface area contributed by atoms with E-state index in [9.17, 15) is 9.59 Å². The minimum atomic E-state index is -0.366. The Morgan fingerprint density at radius 1 is 1.16 bits per heavy atom. The van der Waals surface area contributed by atoms with Crippen LogP contribution in [0.3, 0.4) is 0 Å². The highest BCUT2D eigenvalue weighted by Gasteiger charge is 2.25. The number of imidazole rings is 1. The van der Waals surface area contributed by atoms with Crippen LogP contribution in [0.1, 0.15) is 24.8 Å². The van der Waals surface area contributed by atoms with E-state index in [4.69, 9.17) is 4.74 Å². The Morgan fingerprint density at radius 3 is 2.53 bits per heavy atom. The number of aromatic nitrogens is 4. The third-order valence-electron chi connectivity index (χ3n) is 3.73. The maximum atomic E-state index is 12.2. The van der Waals surface area contributed by atoms with E-state index in [0.717, 1.165) is 17.4 Å². The normalized spacial score (nSPS) is 19.4. The molecule has 0 saturated carbocycles. The van der Waals surface area contributed by atoms with Crippen molar-refractivity contribution in [2.45, 2.75) is 18.9 Å². The van der Waals surface area contributed by atoms with Gasteiger partial charge < -0.3 is 9.30 Å². The first-order valence-corrected chi connectivity index (χ1v) is 6.26. The summed E-state index contributed by atoms with van der Waals surface area (Å²) in [4.78, 5) is 28.5. The summed E-state index contributed by atoms with van der Waals surface area (Å²) in [6, 6.07) is 0. The minimum absolute atomic E-state index is 0.0859. The Bertz CT molecular complexity index is 762. The Labute approximate surface area is 109 Å². The second-order valence-electron chi connectivity index (χ2n) is 4.91. The van der Waals surface area contributed by atoms with Gasteiger partial charge in [-0.2, -0.15) is 0 Å². The molecule has 0 radical (unpaired) electrons. The topological polar surface area (TPSA) is 71.1 Å². The highest BCUT2D eigenvalue weighted by molar-refractivity contribution is 5.71. The molecule has 0 N–H and O–H groups in total. The lowest BCUT2D eigenvalue weighted by Gasteiger charge is -2.08. The number of aryl methyl sites for hydroxylation is 2. The van der Waals surface area contributed by atoms with E-state index in [1.165, 1.54) is 11.6 Å². The highest BCUT2D eigenvalue weighted by atomic mass is 16.5. The van der Waals surface area contributed by atoms with Crippen molar-refractivity contribution in [1.29, 1.82) is 0 Å². The zero-order valence-electron chi connectivity index (χ0n) is 11.2. The molecule has 1 atom stereocenters. The molecular formula is C12H16N4O3.